The van der Waals surface area contributed by atoms with Gasteiger partial charge in [-0.05, 0) is 53.9 Å². The van der Waals surface area contributed by atoms with Gasteiger partial charge in [0.1, 0.15) is 11.6 Å². The number of benzene rings is 2. The smallest absolute Gasteiger partial charge is 0.234 e. The molecule has 3 aromatic rings. The van der Waals surface area contributed by atoms with Gasteiger partial charge in [0.25, 0.3) is 0 Å². The standard InChI is InChI=1S/C22H22F2N2O2S/c1-26(19(14-27)16-4-2-5-18(24)12-16)13-21(28)25-22(20-6-3-11-29-20)15-7-9-17(23)10-8-15/h2-12,19,22,27H,13-14H2,1H3,(H,25,28)/t19-,22-/m1/s1. The summed E-state index contributed by atoms with van der Waals surface area (Å²) in [5.41, 5.74) is 1.37. The van der Waals surface area contributed by atoms with Crippen LogP contribution in [0.15, 0.2) is 66.0 Å². The Hall–Kier alpha value is -2.61. The molecule has 0 aliphatic carbocycles. The van der Waals surface area contributed by atoms with Crippen molar-refractivity contribution in [2.75, 3.05) is 20.2 Å². The first-order chi connectivity index (χ1) is 14.0. The van der Waals surface area contributed by atoms with Crippen LogP contribution in [0, 0.1) is 11.6 Å². The number of carbonyl (C=O) groups excluding carboxylic acids is 1. The number of halogens is 2. The molecular formula is C22H22F2N2O2S. The number of carbonyl (C=O) groups is 1. The first-order valence-electron chi connectivity index (χ1n) is 9.12. The van der Waals surface area contributed by atoms with Gasteiger partial charge in [-0.1, -0.05) is 30.3 Å². The van der Waals surface area contributed by atoms with E-state index in [0.29, 0.717) is 5.56 Å². The quantitative estimate of drug-likeness (QED) is 0.586. The first kappa shape index (κ1) is 21.1. The van der Waals surface area contributed by atoms with Crippen molar-refractivity contribution in [2.45, 2.75) is 12.1 Å². The average molecular weight is 416 g/mol. The monoisotopic (exact) mass is 416 g/mol. The molecule has 2 aromatic carbocycles. The van der Waals surface area contributed by atoms with Crippen LogP contribution in [-0.2, 0) is 4.79 Å². The van der Waals surface area contributed by atoms with Gasteiger partial charge in [0.05, 0.1) is 25.2 Å². The topological polar surface area (TPSA) is 52.6 Å². The fourth-order valence-electron chi connectivity index (χ4n) is 3.19. The number of rotatable bonds is 8. The molecule has 0 saturated heterocycles. The van der Waals surface area contributed by atoms with Crippen molar-refractivity contribution < 1.29 is 18.7 Å². The van der Waals surface area contributed by atoms with Crippen LogP contribution in [0.3, 0.4) is 0 Å². The molecule has 1 heterocycles. The van der Waals surface area contributed by atoms with E-state index in [1.807, 2.05) is 17.5 Å². The van der Waals surface area contributed by atoms with E-state index in [4.69, 9.17) is 0 Å². The number of thiophene rings is 1. The summed E-state index contributed by atoms with van der Waals surface area (Å²) >= 11 is 1.50. The molecule has 0 unspecified atom stereocenters. The van der Waals surface area contributed by atoms with Gasteiger partial charge in [0, 0.05) is 4.88 Å². The molecule has 0 spiro atoms. The predicted molar refractivity (Wildman–Crippen MR) is 110 cm³/mol. The highest BCUT2D eigenvalue weighted by atomic mass is 32.1. The third-order valence-electron chi connectivity index (χ3n) is 4.67. The highest BCUT2D eigenvalue weighted by Crippen LogP contribution is 2.26. The Morgan fingerprint density at radius 2 is 1.83 bits per heavy atom. The molecule has 1 amide bonds. The maximum Gasteiger partial charge on any atom is 0.234 e. The Balaban J connectivity index is 1.73. The van der Waals surface area contributed by atoms with Gasteiger partial charge >= 0.3 is 0 Å². The van der Waals surface area contributed by atoms with E-state index in [-0.39, 0.29) is 24.9 Å². The number of hydrogen-bond acceptors (Lipinski definition) is 4. The fraction of sp³-hybridized carbons (Fsp3) is 0.227. The number of aliphatic hydroxyl groups is 1. The average Bonchev–Trinajstić information content (AvgIpc) is 3.22. The molecule has 0 bridgehead atoms. The van der Waals surface area contributed by atoms with Crippen LogP contribution in [-0.4, -0.2) is 36.1 Å². The summed E-state index contributed by atoms with van der Waals surface area (Å²) in [6.07, 6.45) is 0. The van der Waals surface area contributed by atoms with E-state index in [2.05, 4.69) is 5.32 Å². The largest absolute Gasteiger partial charge is 0.394 e. The zero-order valence-electron chi connectivity index (χ0n) is 15.9. The zero-order valence-corrected chi connectivity index (χ0v) is 16.7. The Labute approximate surface area is 172 Å². The Morgan fingerprint density at radius 1 is 1.07 bits per heavy atom. The van der Waals surface area contributed by atoms with E-state index >= 15 is 0 Å². The van der Waals surface area contributed by atoms with E-state index in [0.717, 1.165) is 10.4 Å². The third-order valence-corrected chi connectivity index (χ3v) is 5.60. The van der Waals surface area contributed by atoms with Crippen LogP contribution < -0.4 is 5.32 Å². The summed E-state index contributed by atoms with van der Waals surface area (Å²) in [5.74, 6) is -0.997. The Morgan fingerprint density at radius 3 is 2.45 bits per heavy atom. The van der Waals surface area contributed by atoms with Crippen molar-refractivity contribution >= 4 is 17.2 Å². The van der Waals surface area contributed by atoms with Crippen LogP contribution in [0.5, 0.6) is 0 Å². The maximum atomic E-state index is 13.5. The van der Waals surface area contributed by atoms with Crippen LogP contribution in [0.1, 0.15) is 28.1 Å². The Bertz CT molecular complexity index is 932. The summed E-state index contributed by atoms with van der Waals surface area (Å²) in [4.78, 5) is 15.3. The van der Waals surface area contributed by atoms with Crippen molar-refractivity contribution in [1.82, 2.24) is 10.2 Å². The minimum atomic E-state index is -0.512. The van der Waals surface area contributed by atoms with E-state index in [1.54, 1.807) is 36.2 Å². The SMILES string of the molecule is CN(CC(=O)N[C@H](c1ccc(F)cc1)c1cccs1)[C@H](CO)c1cccc(F)c1. The lowest BCUT2D eigenvalue weighted by molar-refractivity contribution is -0.123. The molecule has 2 atom stereocenters. The number of nitrogens with zero attached hydrogens (tertiary/aromatic N) is 1. The second-order valence-corrected chi connectivity index (χ2v) is 7.72. The molecule has 4 nitrogen and oxygen atoms in total. The van der Waals surface area contributed by atoms with Gasteiger partial charge < -0.3 is 10.4 Å². The van der Waals surface area contributed by atoms with Gasteiger partial charge in [-0.3, -0.25) is 9.69 Å². The van der Waals surface area contributed by atoms with Crippen LogP contribution in [0.2, 0.25) is 0 Å². The summed E-state index contributed by atoms with van der Waals surface area (Å²) in [5, 5.41) is 14.7. The summed E-state index contributed by atoms with van der Waals surface area (Å²) in [7, 11) is 1.70. The summed E-state index contributed by atoms with van der Waals surface area (Å²) in [6, 6.07) is 14.9. The van der Waals surface area contributed by atoms with Gasteiger partial charge in [0.2, 0.25) is 5.91 Å². The molecule has 0 fully saturated rings. The second-order valence-electron chi connectivity index (χ2n) is 6.74. The normalized spacial score (nSPS) is 13.3. The highest BCUT2D eigenvalue weighted by Gasteiger charge is 2.22. The zero-order chi connectivity index (χ0) is 20.8. The highest BCUT2D eigenvalue weighted by molar-refractivity contribution is 7.10. The molecule has 0 aliphatic rings. The minimum absolute atomic E-state index is 0.00477. The molecule has 0 saturated carbocycles. The number of amides is 1. The molecule has 152 valence electrons. The van der Waals surface area contributed by atoms with E-state index in [1.165, 1.54) is 35.6 Å². The van der Waals surface area contributed by atoms with E-state index < -0.39 is 17.9 Å². The number of aliphatic hydroxyl groups excluding tert-OH is 1. The van der Waals surface area contributed by atoms with Crippen LogP contribution >= 0.6 is 11.3 Å². The number of likely N-dealkylation sites (N-methyl/N-ethyl adjacent to an activating group) is 1. The first-order valence-corrected chi connectivity index (χ1v) is 10.0. The van der Waals surface area contributed by atoms with Crippen LogP contribution in [0.25, 0.3) is 0 Å². The van der Waals surface area contributed by atoms with Gasteiger partial charge in [-0.2, -0.15) is 0 Å². The van der Waals surface area contributed by atoms with Crippen molar-refractivity contribution in [1.29, 1.82) is 0 Å². The molecular weight excluding hydrogens is 394 g/mol. The summed E-state index contributed by atoms with van der Waals surface area (Å²) < 4.78 is 26.8. The van der Waals surface area contributed by atoms with Crippen molar-refractivity contribution in [3.63, 3.8) is 0 Å². The van der Waals surface area contributed by atoms with Crippen molar-refractivity contribution in [3.8, 4) is 0 Å². The predicted octanol–water partition coefficient (Wildman–Crippen LogP) is 3.90. The van der Waals surface area contributed by atoms with E-state index in [9.17, 15) is 18.7 Å². The molecule has 3 rings (SSSR count). The lowest BCUT2D eigenvalue weighted by atomic mass is 10.0. The maximum absolute atomic E-state index is 13.5. The molecule has 0 radical (unpaired) electrons. The Kier molecular flexibility index (Phi) is 7.09. The lowest BCUT2D eigenvalue weighted by Crippen LogP contribution is -2.39. The minimum Gasteiger partial charge on any atom is -0.394 e. The second kappa shape index (κ2) is 9.73. The molecule has 2 N–H and O–H groups in total. The van der Waals surface area contributed by atoms with Crippen molar-refractivity contribution in [3.05, 3.63) is 93.7 Å². The van der Waals surface area contributed by atoms with Crippen molar-refractivity contribution in [2.24, 2.45) is 0 Å². The summed E-state index contributed by atoms with van der Waals surface area (Å²) in [6.45, 7) is -0.246. The molecule has 7 heteroatoms. The molecule has 1 aromatic heterocycles. The molecule has 29 heavy (non-hydrogen) atoms. The third kappa shape index (κ3) is 5.47. The van der Waals surface area contributed by atoms with Crippen LogP contribution in [0.4, 0.5) is 8.78 Å². The fourth-order valence-corrected chi connectivity index (χ4v) is 3.99. The lowest BCUT2D eigenvalue weighted by Gasteiger charge is -2.27. The van der Waals surface area contributed by atoms with Gasteiger partial charge in [0.15, 0.2) is 0 Å². The van der Waals surface area contributed by atoms with Gasteiger partial charge in [-0.15, -0.1) is 11.3 Å². The van der Waals surface area contributed by atoms with Gasteiger partial charge in [-0.25, -0.2) is 8.78 Å². The number of nitrogens with one attached hydrogen (secondary N) is 1. The number of hydrogen-bond donors (Lipinski definition) is 2. The molecule has 0 aliphatic heterocycles.